The summed E-state index contributed by atoms with van der Waals surface area (Å²) in [6.45, 7) is 2.14. The predicted octanol–water partition coefficient (Wildman–Crippen LogP) is 5.84. The Morgan fingerprint density at radius 1 is 1.00 bits per heavy atom. The quantitative estimate of drug-likeness (QED) is 0.247. The molecule has 2 heterocycles. The summed E-state index contributed by atoms with van der Waals surface area (Å²) in [7, 11) is 1.30. The maximum Gasteiger partial charge on any atom is 0.416 e. The van der Waals surface area contributed by atoms with Crippen LogP contribution in [-0.2, 0) is 27.0 Å². The molecule has 1 amide bonds. The molecule has 1 aliphatic rings. The Bertz CT molecular complexity index is 1290. The summed E-state index contributed by atoms with van der Waals surface area (Å²) < 4.78 is 43.9. The number of nitrogens with zero attached hydrogens (tertiary/aromatic N) is 3. The lowest BCUT2D eigenvalue weighted by Crippen LogP contribution is -2.51. The maximum atomic E-state index is 13.6. The smallest absolute Gasteiger partial charge is 0.416 e. The van der Waals surface area contributed by atoms with E-state index in [0.29, 0.717) is 12.1 Å². The fourth-order valence-corrected chi connectivity index (χ4v) is 4.72. The molecule has 0 radical (unpaired) electrons. The van der Waals surface area contributed by atoms with E-state index in [2.05, 4.69) is 9.88 Å². The van der Waals surface area contributed by atoms with Crippen LogP contribution in [-0.4, -0.2) is 59.4 Å². The zero-order valence-corrected chi connectivity index (χ0v) is 22.3. The third-order valence-electron chi connectivity index (χ3n) is 6.94. The molecule has 3 aromatic rings. The molecular formula is C31H32F3N3O3. The Labute approximate surface area is 232 Å². The molecule has 1 saturated heterocycles. The van der Waals surface area contributed by atoms with Crippen LogP contribution in [0.2, 0.25) is 0 Å². The van der Waals surface area contributed by atoms with Gasteiger partial charge in [-0.25, -0.2) is 4.79 Å². The molecule has 4 rings (SSSR count). The van der Waals surface area contributed by atoms with Crippen molar-refractivity contribution in [2.45, 2.75) is 38.0 Å². The van der Waals surface area contributed by atoms with E-state index in [1.165, 1.54) is 36.3 Å². The second-order valence-electron chi connectivity index (χ2n) is 9.73. The molecule has 210 valence electrons. The molecule has 0 bridgehead atoms. The molecule has 6 nitrogen and oxygen atoms in total. The van der Waals surface area contributed by atoms with Gasteiger partial charge in [0.2, 0.25) is 5.91 Å². The minimum atomic E-state index is -4.44. The third-order valence-corrected chi connectivity index (χ3v) is 6.94. The number of hydrogen-bond donors (Lipinski definition) is 0. The fraction of sp³-hybridized carbons (Fsp3) is 0.323. The minimum Gasteiger partial charge on any atom is -0.467 e. The average molecular weight is 552 g/mol. The summed E-state index contributed by atoms with van der Waals surface area (Å²) in [5.74, 6) is -0.965. The number of likely N-dealkylation sites (tertiary alicyclic amines) is 1. The molecule has 1 aliphatic heterocycles. The molecule has 40 heavy (non-hydrogen) atoms. The number of alkyl halides is 3. The van der Waals surface area contributed by atoms with Gasteiger partial charge >= 0.3 is 12.1 Å². The van der Waals surface area contributed by atoms with Crippen LogP contribution in [0, 0.1) is 0 Å². The topological polar surface area (TPSA) is 62.7 Å². The second kappa shape index (κ2) is 13.4. The van der Waals surface area contributed by atoms with Gasteiger partial charge in [0.05, 0.1) is 18.4 Å². The molecule has 1 aromatic heterocycles. The summed E-state index contributed by atoms with van der Waals surface area (Å²) in [5.41, 5.74) is 2.22. The lowest BCUT2D eigenvalue weighted by molar-refractivity contribution is -0.152. The molecule has 2 aromatic carbocycles. The highest BCUT2D eigenvalue weighted by atomic mass is 19.4. The van der Waals surface area contributed by atoms with E-state index in [9.17, 15) is 22.8 Å². The zero-order chi connectivity index (χ0) is 28.5. The number of benzene rings is 2. The van der Waals surface area contributed by atoms with E-state index in [4.69, 9.17) is 4.74 Å². The number of pyridine rings is 1. The maximum absolute atomic E-state index is 13.6. The van der Waals surface area contributed by atoms with Crippen molar-refractivity contribution >= 4 is 18.0 Å². The standard InChI is InChI=1S/C31H32F3N3O3/c1-40-30(39)28(22-36-19-5-2-6-20-36)37(21-24-8-13-25(14-9-24)27-7-3-4-18-35-27)29(38)17-12-23-10-15-26(16-11-23)31(32,33)34/h3-4,7-18,28H,2,5-6,19-22H2,1H3. The zero-order valence-electron chi connectivity index (χ0n) is 22.3. The Hall–Kier alpha value is -3.98. The summed E-state index contributed by atoms with van der Waals surface area (Å²) in [6.07, 6.45) is 3.18. The number of aromatic nitrogens is 1. The van der Waals surface area contributed by atoms with Gasteiger partial charge in [0, 0.05) is 30.9 Å². The van der Waals surface area contributed by atoms with E-state index in [-0.39, 0.29) is 6.54 Å². The van der Waals surface area contributed by atoms with E-state index in [1.54, 1.807) is 6.20 Å². The van der Waals surface area contributed by atoms with Gasteiger partial charge in [-0.1, -0.05) is 48.9 Å². The molecule has 1 unspecified atom stereocenters. The third kappa shape index (κ3) is 7.79. The first-order chi connectivity index (χ1) is 19.2. The van der Waals surface area contributed by atoms with Crippen LogP contribution in [0.3, 0.4) is 0 Å². The van der Waals surface area contributed by atoms with Crippen LogP contribution >= 0.6 is 0 Å². The number of carbonyl (C=O) groups excluding carboxylic acids is 2. The lowest BCUT2D eigenvalue weighted by atomic mass is 10.1. The van der Waals surface area contributed by atoms with Crippen LogP contribution in [0.1, 0.15) is 36.0 Å². The normalized spacial score (nSPS) is 15.1. The number of esters is 1. The fourth-order valence-electron chi connectivity index (χ4n) is 4.72. The molecule has 0 saturated carbocycles. The highest BCUT2D eigenvalue weighted by molar-refractivity contribution is 5.94. The summed E-state index contributed by atoms with van der Waals surface area (Å²) in [5, 5.41) is 0. The lowest BCUT2D eigenvalue weighted by Gasteiger charge is -2.35. The number of ether oxygens (including phenoxy) is 1. The van der Waals surface area contributed by atoms with Crippen molar-refractivity contribution in [3.05, 3.63) is 95.7 Å². The first-order valence-electron chi connectivity index (χ1n) is 13.2. The van der Waals surface area contributed by atoms with Gasteiger partial charge < -0.3 is 14.5 Å². The number of rotatable bonds is 9. The van der Waals surface area contributed by atoms with Crippen LogP contribution in [0.5, 0.6) is 0 Å². The largest absolute Gasteiger partial charge is 0.467 e. The van der Waals surface area contributed by atoms with Gasteiger partial charge in [0.1, 0.15) is 6.04 Å². The van der Waals surface area contributed by atoms with Crippen LogP contribution in [0.25, 0.3) is 17.3 Å². The number of piperidine rings is 1. The molecule has 1 atom stereocenters. The van der Waals surface area contributed by atoms with Crippen molar-refractivity contribution in [1.29, 1.82) is 0 Å². The van der Waals surface area contributed by atoms with Crippen molar-refractivity contribution in [1.82, 2.24) is 14.8 Å². The van der Waals surface area contributed by atoms with Gasteiger partial charge in [0.25, 0.3) is 0 Å². The van der Waals surface area contributed by atoms with Crippen molar-refractivity contribution in [2.24, 2.45) is 0 Å². The van der Waals surface area contributed by atoms with E-state index < -0.39 is 29.7 Å². The number of amides is 1. The van der Waals surface area contributed by atoms with Gasteiger partial charge in [0.15, 0.2) is 0 Å². The predicted molar refractivity (Wildman–Crippen MR) is 147 cm³/mol. The van der Waals surface area contributed by atoms with Crippen LogP contribution < -0.4 is 0 Å². The number of halogens is 3. The van der Waals surface area contributed by atoms with Gasteiger partial charge in [-0.3, -0.25) is 9.78 Å². The Kier molecular flexibility index (Phi) is 9.71. The summed E-state index contributed by atoms with van der Waals surface area (Å²) in [4.78, 5) is 34.5. The SMILES string of the molecule is COC(=O)C(CN1CCCCC1)N(Cc1ccc(-c2ccccn2)cc1)C(=O)C=Cc1ccc(C(F)(F)F)cc1. The molecule has 1 fully saturated rings. The number of carbonyl (C=O) groups is 2. The van der Waals surface area contributed by atoms with E-state index >= 15 is 0 Å². The van der Waals surface area contributed by atoms with Crippen molar-refractivity contribution in [2.75, 3.05) is 26.7 Å². The van der Waals surface area contributed by atoms with E-state index in [1.807, 2.05) is 42.5 Å². The van der Waals surface area contributed by atoms with Crippen molar-refractivity contribution in [3.8, 4) is 11.3 Å². The second-order valence-corrected chi connectivity index (χ2v) is 9.73. The first kappa shape index (κ1) is 29.0. The number of hydrogen-bond acceptors (Lipinski definition) is 5. The average Bonchev–Trinajstić information content (AvgIpc) is 2.98. The monoisotopic (exact) mass is 551 g/mol. The van der Waals surface area contributed by atoms with Crippen LogP contribution in [0.15, 0.2) is 79.0 Å². The molecule has 0 spiro atoms. The summed E-state index contributed by atoms with van der Waals surface area (Å²) in [6, 6.07) is 16.9. The number of methoxy groups -OCH3 is 1. The minimum absolute atomic E-state index is 0.145. The van der Waals surface area contributed by atoms with E-state index in [0.717, 1.165) is 61.3 Å². The van der Waals surface area contributed by atoms with Gasteiger partial charge in [-0.15, -0.1) is 0 Å². The van der Waals surface area contributed by atoms with Gasteiger partial charge in [-0.2, -0.15) is 13.2 Å². The highest BCUT2D eigenvalue weighted by Gasteiger charge is 2.32. The first-order valence-corrected chi connectivity index (χ1v) is 13.2. The Morgan fingerprint density at radius 3 is 2.30 bits per heavy atom. The van der Waals surface area contributed by atoms with Crippen molar-refractivity contribution in [3.63, 3.8) is 0 Å². The molecule has 9 heteroatoms. The molecule has 0 aliphatic carbocycles. The highest BCUT2D eigenvalue weighted by Crippen LogP contribution is 2.29. The van der Waals surface area contributed by atoms with Crippen molar-refractivity contribution < 1.29 is 27.5 Å². The van der Waals surface area contributed by atoms with Gasteiger partial charge in [-0.05, 0) is 67.4 Å². The Morgan fingerprint density at radius 2 is 1.70 bits per heavy atom. The van der Waals surface area contributed by atoms with Crippen LogP contribution in [0.4, 0.5) is 13.2 Å². The Balaban J connectivity index is 1.59. The molecular weight excluding hydrogens is 519 g/mol. The molecule has 0 N–H and O–H groups in total. The summed E-state index contributed by atoms with van der Waals surface area (Å²) >= 11 is 0.